The Labute approximate surface area is 224 Å². The lowest BCUT2D eigenvalue weighted by Crippen LogP contribution is -2.53. The predicted octanol–water partition coefficient (Wildman–Crippen LogP) is 5.21. The van der Waals surface area contributed by atoms with Gasteiger partial charge in [-0.05, 0) is 61.6 Å². The van der Waals surface area contributed by atoms with Crippen LogP contribution in [0, 0.1) is 0 Å². The van der Waals surface area contributed by atoms with E-state index in [4.69, 9.17) is 23.2 Å². The molecule has 2 amide bonds. The molecule has 0 aliphatic rings. The molecule has 2 aromatic rings. The number of rotatable bonds is 11. The molecule has 1 N–H and O–H groups in total. The van der Waals surface area contributed by atoms with Crippen LogP contribution >= 0.6 is 23.2 Å². The Morgan fingerprint density at radius 1 is 1.00 bits per heavy atom. The molecular formula is C26H35Cl2N3O4S. The first-order valence-electron chi connectivity index (χ1n) is 11.9. The van der Waals surface area contributed by atoms with Crippen LogP contribution in [0.4, 0.5) is 5.69 Å². The van der Waals surface area contributed by atoms with Crippen molar-refractivity contribution in [2.75, 3.05) is 17.1 Å². The van der Waals surface area contributed by atoms with Crippen LogP contribution in [0.3, 0.4) is 0 Å². The van der Waals surface area contributed by atoms with Crippen molar-refractivity contribution in [3.63, 3.8) is 0 Å². The molecular weight excluding hydrogens is 521 g/mol. The predicted molar refractivity (Wildman–Crippen MR) is 147 cm³/mol. The number of benzene rings is 2. The second-order valence-electron chi connectivity index (χ2n) is 9.36. The second-order valence-corrected chi connectivity index (χ2v) is 12.1. The SMILES string of the molecule is CC[C@@H](C(=O)NC(C)C)N(Cc1ccc(Cl)cc1Cl)C(=O)CN(c1ccc(C(C)C)cc1)S(C)(=O)=O. The molecule has 0 spiro atoms. The van der Waals surface area contributed by atoms with Crippen molar-refractivity contribution >= 4 is 50.7 Å². The molecule has 0 heterocycles. The van der Waals surface area contributed by atoms with Gasteiger partial charge in [0.2, 0.25) is 21.8 Å². The van der Waals surface area contributed by atoms with E-state index in [2.05, 4.69) is 5.32 Å². The lowest BCUT2D eigenvalue weighted by molar-refractivity contribution is -0.140. The molecule has 0 aliphatic heterocycles. The van der Waals surface area contributed by atoms with Gasteiger partial charge in [0.25, 0.3) is 0 Å². The van der Waals surface area contributed by atoms with E-state index in [1.54, 1.807) is 37.3 Å². The zero-order valence-electron chi connectivity index (χ0n) is 21.6. The Morgan fingerprint density at radius 3 is 2.08 bits per heavy atom. The van der Waals surface area contributed by atoms with Crippen molar-refractivity contribution < 1.29 is 18.0 Å². The molecule has 2 aromatic carbocycles. The fraction of sp³-hybridized carbons (Fsp3) is 0.462. The maximum atomic E-state index is 13.7. The molecule has 0 bridgehead atoms. The van der Waals surface area contributed by atoms with Gasteiger partial charge in [0.05, 0.1) is 11.9 Å². The highest BCUT2D eigenvalue weighted by Gasteiger charge is 2.32. The van der Waals surface area contributed by atoms with E-state index in [-0.39, 0.29) is 24.4 Å². The third kappa shape index (κ3) is 8.11. The molecule has 0 unspecified atom stereocenters. The summed E-state index contributed by atoms with van der Waals surface area (Å²) >= 11 is 12.4. The zero-order valence-corrected chi connectivity index (χ0v) is 23.9. The molecule has 0 radical (unpaired) electrons. The van der Waals surface area contributed by atoms with Gasteiger partial charge in [0.15, 0.2) is 0 Å². The van der Waals surface area contributed by atoms with Crippen molar-refractivity contribution in [2.24, 2.45) is 0 Å². The standard InChI is InChI=1S/C26H35Cl2N3O4S/c1-7-24(26(33)29-18(4)5)30(15-20-8-11-21(27)14-23(20)28)25(32)16-31(36(6,34)35)22-12-9-19(10-13-22)17(2)3/h8-14,17-18,24H,7,15-16H2,1-6H3,(H,29,33)/t24-/m0/s1. The third-order valence-corrected chi connectivity index (χ3v) is 7.43. The number of nitrogens with one attached hydrogen (secondary N) is 1. The molecule has 0 aliphatic carbocycles. The average molecular weight is 557 g/mol. The number of carbonyl (C=O) groups excluding carboxylic acids is 2. The molecule has 0 saturated heterocycles. The van der Waals surface area contributed by atoms with Gasteiger partial charge in [0.1, 0.15) is 12.6 Å². The van der Waals surface area contributed by atoms with Gasteiger partial charge in [-0.2, -0.15) is 0 Å². The monoisotopic (exact) mass is 555 g/mol. The molecule has 7 nitrogen and oxygen atoms in total. The van der Waals surface area contributed by atoms with Gasteiger partial charge in [-0.3, -0.25) is 13.9 Å². The van der Waals surface area contributed by atoms with Crippen LogP contribution in [0.2, 0.25) is 10.0 Å². The molecule has 1 atom stereocenters. The highest BCUT2D eigenvalue weighted by atomic mass is 35.5. The maximum Gasteiger partial charge on any atom is 0.244 e. The summed E-state index contributed by atoms with van der Waals surface area (Å²) in [5.74, 6) is -0.569. The molecule has 10 heteroatoms. The molecule has 0 fully saturated rings. The van der Waals surface area contributed by atoms with E-state index in [1.165, 1.54) is 4.90 Å². The first kappa shape index (κ1) is 29.9. The fourth-order valence-electron chi connectivity index (χ4n) is 3.77. The maximum absolute atomic E-state index is 13.7. The van der Waals surface area contributed by atoms with E-state index in [9.17, 15) is 18.0 Å². The topological polar surface area (TPSA) is 86.8 Å². The summed E-state index contributed by atoms with van der Waals surface area (Å²) < 4.78 is 26.5. The number of nitrogens with zero attached hydrogens (tertiary/aromatic N) is 2. The fourth-order valence-corrected chi connectivity index (χ4v) is 5.09. The Morgan fingerprint density at radius 2 is 1.61 bits per heavy atom. The Balaban J connectivity index is 2.47. The van der Waals surface area contributed by atoms with Crippen molar-refractivity contribution in [2.45, 2.75) is 65.6 Å². The van der Waals surface area contributed by atoms with E-state index in [0.29, 0.717) is 27.7 Å². The van der Waals surface area contributed by atoms with Crippen LogP contribution in [0.1, 0.15) is 58.1 Å². The van der Waals surface area contributed by atoms with Gasteiger partial charge in [-0.25, -0.2) is 8.42 Å². The number of sulfonamides is 1. The number of amides is 2. The Hall–Kier alpha value is -2.29. The summed E-state index contributed by atoms with van der Waals surface area (Å²) in [5, 5.41) is 3.65. The number of halogens is 2. The Kier molecular flexibility index (Phi) is 10.6. The van der Waals surface area contributed by atoms with Crippen LogP contribution in [-0.4, -0.2) is 50.0 Å². The molecule has 198 valence electrons. The summed E-state index contributed by atoms with van der Waals surface area (Å²) in [6, 6.07) is 11.0. The summed E-state index contributed by atoms with van der Waals surface area (Å²) in [5.41, 5.74) is 2.02. The number of carbonyl (C=O) groups is 2. The van der Waals surface area contributed by atoms with E-state index in [1.807, 2.05) is 39.8 Å². The van der Waals surface area contributed by atoms with E-state index >= 15 is 0 Å². The van der Waals surface area contributed by atoms with Gasteiger partial charge in [0, 0.05) is 22.6 Å². The molecule has 36 heavy (non-hydrogen) atoms. The quantitative estimate of drug-likeness (QED) is 0.412. The van der Waals surface area contributed by atoms with E-state index < -0.39 is 28.5 Å². The Bertz CT molecular complexity index is 1170. The second kappa shape index (κ2) is 12.8. The van der Waals surface area contributed by atoms with Crippen LogP contribution < -0.4 is 9.62 Å². The first-order valence-corrected chi connectivity index (χ1v) is 14.5. The van der Waals surface area contributed by atoms with E-state index in [0.717, 1.165) is 16.1 Å². The van der Waals surface area contributed by atoms with Gasteiger partial charge in [-0.15, -0.1) is 0 Å². The minimum absolute atomic E-state index is 0.0166. The lowest BCUT2D eigenvalue weighted by atomic mass is 10.0. The largest absolute Gasteiger partial charge is 0.352 e. The first-order chi connectivity index (χ1) is 16.7. The minimum atomic E-state index is -3.80. The van der Waals surface area contributed by atoms with Crippen LogP contribution in [0.15, 0.2) is 42.5 Å². The number of hydrogen-bond acceptors (Lipinski definition) is 4. The normalized spacial score (nSPS) is 12.5. The van der Waals surface area contributed by atoms with Gasteiger partial charge in [-0.1, -0.05) is 62.2 Å². The zero-order chi connectivity index (χ0) is 27.2. The highest BCUT2D eigenvalue weighted by molar-refractivity contribution is 7.92. The van der Waals surface area contributed by atoms with Crippen LogP contribution in [0.25, 0.3) is 0 Å². The van der Waals surface area contributed by atoms with Gasteiger partial charge >= 0.3 is 0 Å². The third-order valence-electron chi connectivity index (χ3n) is 5.70. The minimum Gasteiger partial charge on any atom is -0.352 e. The summed E-state index contributed by atoms with van der Waals surface area (Å²) in [6.07, 6.45) is 1.39. The van der Waals surface area contributed by atoms with Crippen molar-refractivity contribution in [1.29, 1.82) is 0 Å². The van der Waals surface area contributed by atoms with Crippen LogP contribution in [0.5, 0.6) is 0 Å². The van der Waals surface area contributed by atoms with Crippen molar-refractivity contribution in [3.05, 3.63) is 63.6 Å². The molecule has 0 saturated carbocycles. The lowest BCUT2D eigenvalue weighted by Gasteiger charge is -2.33. The molecule has 0 aromatic heterocycles. The summed E-state index contributed by atoms with van der Waals surface area (Å²) in [4.78, 5) is 28.1. The van der Waals surface area contributed by atoms with Crippen molar-refractivity contribution in [1.82, 2.24) is 10.2 Å². The smallest absolute Gasteiger partial charge is 0.244 e. The van der Waals surface area contributed by atoms with Gasteiger partial charge < -0.3 is 10.2 Å². The summed E-state index contributed by atoms with van der Waals surface area (Å²) in [6.45, 7) is 9.10. The number of hydrogen-bond donors (Lipinski definition) is 1. The van der Waals surface area contributed by atoms with Crippen LogP contribution in [-0.2, 0) is 26.2 Å². The highest BCUT2D eigenvalue weighted by Crippen LogP contribution is 2.26. The number of anilines is 1. The molecule has 2 rings (SSSR count). The van der Waals surface area contributed by atoms with Crippen molar-refractivity contribution in [3.8, 4) is 0 Å². The average Bonchev–Trinajstić information content (AvgIpc) is 2.77. The summed E-state index contributed by atoms with van der Waals surface area (Å²) in [7, 11) is -3.80.